The highest BCUT2D eigenvalue weighted by atomic mass is 16.2. The van der Waals surface area contributed by atoms with E-state index in [0.717, 1.165) is 19.4 Å². The van der Waals surface area contributed by atoms with Gasteiger partial charge in [0.1, 0.15) is 6.54 Å². The molecule has 3 heterocycles. The Morgan fingerprint density at radius 1 is 1.24 bits per heavy atom. The van der Waals surface area contributed by atoms with Gasteiger partial charge in [-0.1, -0.05) is 0 Å². The summed E-state index contributed by atoms with van der Waals surface area (Å²) in [4.78, 5) is 54.0. The van der Waals surface area contributed by atoms with Crippen molar-refractivity contribution in [2.45, 2.75) is 45.7 Å². The molecule has 8 heteroatoms. The van der Waals surface area contributed by atoms with Gasteiger partial charge in [0.05, 0.1) is 5.41 Å². The summed E-state index contributed by atoms with van der Waals surface area (Å²) in [6.07, 6.45) is 3.74. The first kappa shape index (κ1) is 17.4. The maximum Gasteiger partial charge on any atom is 0.328 e. The van der Waals surface area contributed by atoms with Crippen molar-refractivity contribution in [3.05, 3.63) is 33.1 Å². The fourth-order valence-electron chi connectivity index (χ4n) is 3.87. The largest absolute Gasteiger partial charge is 0.340 e. The van der Waals surface area contributed by atoms with Crippen LogP contribution in [-0.4, -0.2) is 56.8 Å². The topological polar surface area (TPSA) is 95.5 Å². The summed E-state index contributed by atoms with van der Waals surface area (Å²) in [5, 5.41) is 0. The lowest BCUT2D eigenvalue weighted by Crippen LogP contribution is -2.52. The van der Waals surface area contributed by atoms with Crippen LogP contribution >= 0.6 is 0 Å². The Labute approximate surface area is 145 Å². The molecule has 2 saturated heterocycles. The van der Waals surface area contributed by atoms with E-state index in [1.807, 2.05) is 18.7 Å². The van der Waals surface area contributed by atoms with Gasteiger partial charge in [-0.3, -0.25) is 23.9 Å². The Kier molecular flexibility index (Phi) is 4.53. The van der Waals surface area contributed by atoms with Crippen LogP contribution in [0.15, 0.2) is 21.9 Å². The van der Waals surface area contributed by atoms with Crippen molar-refractivity contribution in [1.82, 2.24) is 19.4 Å². The van der Waals surface area contributed by atoms with Crippen LogP contribution in [0.1, 0.15) is 33.1 Å². The average molecular weight is 348 g/mol. The molecule has 136 valence electrons. The van der Waals surface area contributed by atoms with Gasteiger partial charge in [-0.05, 0) is 33.1 Å². The van der Waals surface area contributed by atoms with E-state index in [9.17, 15) is 19.2 Å². The fourth-order valence-corrected chi connectivity index (χ4v) is 3.87. The summed E-state index contributed by atoms with van der Waals surface area (Å²) in [6.45, 7) is 5.60. The van der Waals surface area contributed by atoms with E-state index < -0.39 is 16.7 Å². The molecule has 1 N–H and O–H groups in total. The molecule has 25 heavy (non-hydrogen) atoms. The number of amides is 2. The Bertz CT molecular complexity index is 796. The number of H-pyrrole nitrogens is 1. The smallest absolute Gasteiger partial charge is 0.328 e. The van der Waals surface area contributed by atoms with Crippen LogP contribution in [0.3, 0.4) is 0 Å². The van der Waals surface area contributed by atoms with Crippen LogP contribution in [-0.2, 0) is 16.1 Å². The van der Waals surface area contributed by atoms with Crippen LogP contribution in [0.4, 0.5) is 0 Å². The molecule has 0 aromatic carbocycles. The van der Waals surface area contributed by atoms with Crippen LogP contribution in [0, 0.1) is 5.41 Å². The SMILES string of the molecule is CC(C)N1CCC[C@@]2(CCN(C(=O)Cn3ccc(=O)[nH]c3=O)C2)C1=O. The van der Waals surface area contributed by atoms with Gasteiger partial charge in [0, 0.05) is 37.9 Å². The first-order valence-electron chi connectivity index (χ1n) is 8.71. The zero-order valence-electron chi connectivity index (χ0n) is 14.7. The molecule has 1 spiro atoms. The highest BCUT2D eigenvalue weighted by Gasteiger charge is 2.49. The standard InChI is InChI=1S/C17H24N4O4/c1-12(2)21-7-3-5-17(15(21)24)6-9-20(11-17)14(23)10-19-8-4-13(22)18-16(19)25/h4,8,12H,3,5-7,9-11H2,1-2H3,(H,18,22,25)/t17-/m0/s1. The molecule has 0 aliphatic carbocycles. The van der Waals surface area contributed by atoms with E-state index in [4.69, 9.17) is 0 Å². The van der Waals surface area contributed by atoms with E-state index in [-0.39, 0.29) is 24.4 Å². The molecule has 1 aromatic heterocycles. The van der Waals surface area contributed by atoms with E-state index in [2.05, 4.69) is 4.98 Å². The van der Waals surface area contributed by atoms with Crippen molar-refractivity contribution in [3.63, 3.8) is 0 Å². The lowest BCUT2D eigenvalue weighted by molar-refractivity contribution is -0.148. The van der Waals surface area contributed by atoms with Gasteiger partial charge >= 0.3 is 5.69 Å². The highest BCUT2D eigenvalue weighted by molar-refractivity contribution is 5.86. The van der Waals surface area contributed by atoms with Crippen molar-refractivity contribution < 1.29 is 9.59 Å². The molecular formula is C17H24N4O4. The maximum absolute atomic E-state index is 12.9. The van der Waals surface area contributed by atoms with Crippen LogP contribution in [0.2, 0.25) is 0 Å². The summed E-state index contributed by atoms with van der Waals surface area (Å²) < 4.78 is 1.18. The molecule has 0 saturated carbocycles. The molecule has 3 rings (SSSR count). The molecule has 0 bridgehead atoms. The predicted molar refractivity (Wildman–Crippen MR) is 91.0 cm³/mol. The van der Waals surface area contributed by atoms with Gasteiger partial charge < -0.3 is 9.80 Å². The minimum atomic E-state index is -0.602. The molecule has 8 nitrogen and oxygen atoms in total. The van der Waals surface area contributed by atoms with E-state index in [0.29, 0.717) is 19.5 Å². The minimum Gasteiger partial charge on any atom is -0.340 e. The second-order valence-electron chi connectivity index (χ2n) is 7.28. The number of aromatic amines is 1. The van der Waals surface area contributed by atoms with Gasteiger partial charge in [0.2, 0.25) is 11.8 Å². The first-order valence-corrected chi connectivity index (χ1v) is 8.71. The summed E-state index contributed by atoms with van der Waals surface area (Å²) in [6, 6.07) is 1.37. The summed E-state index contributed by atoms with van der Waals surface area (Å²) >= 11 is 0. The van der Waals surface area contributed by atoms with Gasteiger partial charge in [-0.25, -0.2) is 4.79 Å². The van der Waals surface area contributed by atoms with Gasteiger partial charge in [0.25, 0.3) is 5.56 Å². The molecule has 2 aliphatic rings. The number of hydrogen-bond donors (Lipinski definition) is 1. The highest BCUT2D eigenvalue weighted by Crippen LogP contribution is 2.40. The molecule has 2 aliphatic heterocycles. The normalized spacial score (nSPS) is 23.7. The Morgan fingerprint density at radius 2 is 2.00 bits per heavy atom. The number of rotatable bonds is 3. The molecule has 1 atom stereocenters. The van der Waals surface area contributed by atoms with E-state index >= 15 is 0 Å². The first-order chi connectivity index (χ1) is 11.8. The molecule has 2 fully saturated rings. The summed E-state index contributed by atoms with van der Waals surface area (Å²) in [5.41, 5.74) is -1.57. The number of nitrogens with zero attached hydrogens (tertiary/aromatic N) is 3. The lowest BCUT2D eigenvalue weighted by atomic mass is 9.78. The molecular weight excluding hydrogens is 324 g/mol. The Balaban J connectivity index is 1.71. The van der Waals surface area contributed by atoms with E-state index in [1.54, 1.807) is 4.90 Å². The van der Waals surface area contributed by atoms with Crippen LogP contribution in [0.25, 0.3) is 0 Å². The van der Waals surface area contributed by atoms with Gasteiger partial charge in [-0.2, -0.15) is 0 Å². The van der Waals surface area contributed by atoms with Crippen molar-refractivity contribution >= 4 is 11.8 Å². The zero-order valence-corrected chi connectivity index (χ0v) is 14.7. The lowest BCUT2D eigenvalue weighted by Gasteiger charge is -2.41. The number of hydrogen-bond acceptors (Lipinski definition) is 4. The molecule has 2 amide bonds. The van der Waals surface area contributed by atoms with Crippen molar-refractivity contribution in [2.24, 2.45) is 5.41 Å². The molecule has 0 radical (unpaired) electrons. The third kappa shape index (κ3) is 3.25. The molecule has 1 aromatic rings. The third-order valence-electron chi connectivity index (χ3n) is 5.30. The second kappa shape index (κ2) is 6.50. The zero-order chi connectivity index (χ0) is 18.2. The predicted octanol–water partition coefficient (Wildman–Crippen LogP) is -0.214. The van der Waals surface area contributed by atoms with Gasteiger partial charge in [-0.15, -0.1) is 0 Å². The van der Waals surface area contributed by atoms with Crippen LogP contribution < -0.4 is 11.2 Å². The quantitative estimate of drug-likeness (QED) is 0.817. The Morgan fingerprint density at radius 3 is 2.68 bits per heavy atom. The van der Waals surface area contributed by atoms with Gasteiger partial charge in [0.15, 0.2) is 0 Å². The van der Waals surface area contributed by atoms with E-state index in [1.165, 1.54) is 16.8 Å². The maximum atomic E-state index is 12.9. The monoisotopic (exact) mass is 348 g/mol. The average Bonchev–Trinajstić information content (AvgIpc) is 2.98. The number of carbonyl (C=O) groups excluding carboxylic acids is 2. The fraction of sp³-hybridized carbons (Fsp3) is 0.647. The van der Waals surface area contributed by atoms with Crippen LogP contribution in [0.5, 0.6) is 0 Å². The summed E-state index contributed by atoms with van der Waals surface area (Å²) in [7, 11) is 0. The van der Waals surface area contributed by atoms with Crippen molar-refractivity contribution in [2.75, 3.05) is 19.6 Å². The number of piperidine rings is 1. The third-order valence-corrected chi connectivity index (χ3v) is 5.30. The molecule has 0 unspecified atom stereocenters. The van der Waals surface area contributed by atoms with Crippen molar-refractivity contribution in [1.29, 1.82) is 0 Å². The number of aromatic nitrogens is 2. The summed E-state index contributed by atoms with van der Waals surface area (Å²) in [5.74, 6) is -0.0641. The number of carbonyl (C=O) groups is 2. The number of nitrogens with one attached hydrogen (secondary N) is 1. The number of likely N-dealkylation sites (tertiary alicyclic amines) is 2. The second-order valence-corrected chi connectivity index (χ2v) is 7.28. The Hall–Kier alpha value is -2.38. The van der Waals surface area contributed by atoms with Crippen molar-refractivity contribution in [3.8, 4) is 0 Å². The minimum absolute atomic E-state index is 0.131.